The lowest BCUT2D eigenvalue weighted by Crippen LogP contribution is -2.62. The highest BCUT2D eigenvalue weighted by Gasteiger charge is 2.63. The Morgan fingerprint density at radius 1 is 0.708 bits per heavy atom. The van der Waals surface area contributed by atoms with Crippen molar-refractivity contribution in [2.45, 2.75) is 76.3 Å². The molecule has 0 radical (unpaired) electrons. The van der Waals surface area contributed by atoms with Crippen LogP contribution in [0, 0.1) is 28.9 Å². The Labute approximate surface area is 377 Å². The molecular formula is C49H57F2N7O7. The van der Waals surface area contributed by atoms with Gasteiger partial charge in [-0.05, 0) is 93.2 Å². The second kappa shape index (κ2) is 17.3. The van der Waals surface area contributed by atoms with Crippen molar-refractivity contribution in [3.8, 4) is 11.5 Å². The third kappa shape index (κ3) is 7.69. The number of aromatic hydroxyl groups is 1. The monoisotopic (exact) mass is 893 g/mol. The van der Waals surface area contributed by atoms with Gasteiger partial charge in [-0.25, -0.2) is 8.78 Å². The number of nitrogens with one attached hydrogen (secondary N) is 1. The molecule has 5 amide bonds. The van der Waals surface area contributed by atoms with E-state index in [4.69, 9.17) is 4.74 Å². The molecule has 14 nitrogen and oxygen atoms in total. The predicted octanol–water partition coefficient (Wildman–Crippen LogP) is 5.48. The lowest BCUT2D eigenvalue weighted by molar-refractivity contribution is -0.140. The first-order chi connectivity index (χ1) is 31.4. The Kier molecular flexibility index (Phi) is 11.5. The van der Waals surface area contributed by atoms with E-state index in [2.05, 4.69) is 24.9 Å². The summed E-state index contributed by atoms with van der Waals surface area (Å²) in [4.78, 5) is 76.4. The number of piperidine rings is 3. The number of phenols is 1. The maximum Gasteiger partial charge on any atom is 0.262 e. The number of anilines is 3. The molecule has 1 saturated carbocycles. The summed E-state index contributed by atoms with van der Waals surface area (Å²) in [6.45, 7) is 9.28. The molecule has 65 heavy (non-hydrogen) atoms. The number of hydrogen-bond donors (Lipinski definition) is 2. The van der Waals surface area contributed by atoms with Gasteiger partial charge in [0.25, 0.3) is 11.8 Å². The largest absolute Gasteiger partial charge is 0.503 e. The average molecular weight is 894 g/mol. The number of imide groups is 2. The number of amides is 5. The van der Waals surface area contributed by atoms with Crippen molar-refractivity contribution in [3.05, 3.63) is 76.9 Å². The van der Waals surface area contributed by atoms with Crippen LogP contribution in [-0.2, 0) is 14.4 Å². The standard InChI is InChI=1S/C49H57F2N7O7/c1-65-41-27-40(37(51)26-35(41)44-49(15-2-3-16-49)48(64)57(44)38-6-4-5-36(50)43(38)60)56-19-13-31(14-20-56)29-54-23-21-53(22-24-54)28-30-11-17-55(18-12-30)32-7-8-33-34(25-32)47(63)58(46(33)62)39-9-10-42(59)52-45(39)61/h4-8,25-27,30-31,39,44,60H,2-3,9-24,28-29H2,1H3,(H,52,59,61)/t39?,44-/m0/s1. The fourth-order valence-corrected chi connectivity index (χ4v) is 12.0. The second-order valence-corrected chi connectivity index (χ2v) is 19.2. The summed E-state index contributed by atoms with van der Waals surface area (Å²) in [5.74, 6) is -2.38. The van der Waals surface area contributed by atoms with Crippen molar-refractivity contribution in [3.63, 3.8) is 0 Å². The number of β-lactam (4-membered cyclic amide) rings is 1. The number of rotatable bonds is 10. The van der Waals surface area contributed by atoms with Crippen LogP contribution < -0.4 is 24.8 Å². The van der Waals surface area contributed by atoms with Crippen molar-refractivity contribution < 1.29 is 42.6 Å². The normalized spacial score (nSPS) is 24.6. The molecule has 10 rings (SSSR count). The predicted molar refractivity (Wildman–Crippen MR) is 238 cm³/mol. The number of para-hydroxylation sites is 1. The maximum absolute atomic E-state index is 16.3. The van der Waals surface area contributed by atoms with E-state index in [9.17, 15) is 33.5 Å². The molecule has 1 aliphatic carbocycles. The highest BCUT2D eigenvalue weighted by molar-refractivity contribution is 6.23. The summed E-state index contributed by atoms with van der Waals surface area (Å²) in [7, 11) is 1.55. The van der Waals surface area contributed by atoms with Gasteiger partial charge >= 0.3 is 0 Å². The molecule has 6 heterocycles. The van der Waals surface area contributed by atoms with Gasteiger partial charge in [-0.15, -0.1) is 0 Å². The van der Waals surface area contributed by atoms with Gasteiger partial charge in [0.05, 0.1) is 41.1 Å². The van der Waals surface area contributed by atoms with Crippen LogP contribution in [0.25, 0.3) is 0 Å². The highest BCUT2D eigenvalue weighted by atomic mass is 19.1. The lowest BCUT2D eigenvalue weighted by Gasteiger charge is -2.55. The van der Waals surface area contributed by atoms with Crippen LogP contribution in [0.4, 0.5) is 25.8 Å². The van der Waals surface area contributed by atoms with Crippen molar-refractivity contribution >= 4 is 46.6 Å². The van der Waals surface area contributed by atoms with Gasteiger partial charge in [0.2, 0.25) is 17.7 Å². The van der Waals surface area contributed by atoms with Gasteiger partial charge in [0.1, 0.15) is 17.6 Å². The first kappa shape index (κ1) is 43.3. The molecule has 3 aromatic rings. The van der Waals surface area contributed by atoms with E-state index in [0.29, 0.717) is 52.8 Å². The quantitative estimate of drug-likeness (QED) is 0.197. The number of carbonyl (C=O) groups excluding carboxylic acids is 5. The summed E-state index contributed by atoms with van der Waals surface area (Å²) < 4.78 is 36.6. The zero-order chi connectivity index (χ0) is 45.1. The summed E-state index contributed by atoms with van der Waals surface area (Å²) in [5.41, 5.74) is 1.86. The molecule has 16 heteroatoms. The number of hydrogen-bond acceptors (Lipinski definition) is 11. The van der Waals surface area contributed by atoms with Crippen molar-refractivity contribution in [2.75, 3.05) is 87.3 Å². The van der Waals surface area contributed by atoms with Gasteiger partial charge in [-0.3, -0.25) is 39.1 Å². The van der Waals surface area contributed by atoms with Crippen LogP contribution in [-0.4, -0.2) is 128 Å². The number of phenolic OH excluding ortho intramolecular Hbond substituents is 1. The fourth-order valence-electron chi connectivity index (χ4n) is 12.0. The molecule has 6 fully saturated rings. The second-order valence-electron chi connectivity index (χ2n) is 19.2. The molecule has 5 saturated heterocycles. The third-order valence-corrected chi connectivity index (χ3v) is 15.6. The summed E-state index contributed by atoms with van der Waals surface area (Å²) in [6.07, 6.45) is 7.19. The zero-order valence-electron chi connectivity index (χ0n) is 36.9. The number of nitrogens with zero attached hydrogens (tertiary/aromatic N) is 6. The Balaban J connectivity index is 0.693. The molecule has 7 aliphatic rings. The molecule has 344 valence electrons. The van der Waals surface area contributed by atoms with E-state index in [1.165, 1.54) is 23.1 Å². The number of halogens is 2. The van der Waals surface area contributed by atoms with E-state index in [1.54, 1.807) is 25.3 Å². The van der Waals surface area contributed by atoms with Gasteiger partial charge < -0.3 is 29.4 Å². The summed E-state index contributed by atoms with van der Waals surface area (Å²) in [5, 5.41) is 12.9. The van der Waals surface area contributed by atoms with Crippen molar-refractivity contribution in [2.24, 2.45) is 17.3 Å². The molecule has 0 bridgehead atoms. The minimum Gasteiger partial charge on any atom is -0.503 e. The first-order valence-corrected chi connectivity index (χ1v) is 23.4. The van der Waals surface area contributed by atoms with Gasteiger partial charge in [0, 0.05) is 89.2 Å². The lowest BCUT2D eigenvalue weighted by atomic mass is 9.66. The summed E-state index contributed by atoms with van der Waals surface area (Å²) in [6, 6.07) is 11.2. The van der Waals surface area contributed by atoms with Gasteiger partial charge in [-0.2, -0.15) is 0 Å². The topological polar surface area (TPSA) is 146 Å². The van der Waals surface area contributed by atoms with Crippen LogP contribution in [0.15, 0.2) is 48.5 Å². The fraction of sp³-hybridized carbons (Fsp3) is 0.531. The number of benzene rings is 3. The van der Waals surface area contributed by atoms with Crippen molar-refractivity contribution in [1.82, 2.24) is 20.0 Å². The van der Waals surface area contributed by atoms with Crippen molar-refractivity contribution in [1.29, 1.82) is 0 Å². The van der Waals surface area contributed by atoms with Crippen LogP contribution in [0.3, 0.4) is 0 Å². The molecule has 6 aliphatic heterocycles. The van der Waals surface area contributed by atoms with Gasteiger partial charge in [-0.1, -0.05) is 18.9 Å². The minimum atomic E-state index is -0.977. The maximum atomic E-state index is 16.3. The molecule has 3 aromatic carbocycles. The SMILES string of the molecule is COc1cc(N2CCC(CN3CCN(CC4CCN(c5ccc6c(c5)C(=O)N(C5CCC(=O)NC5=O)C6=O)CC4)CC3)CC2)c(F)cc1[C@@H]1N(c2cccc(F)c2O)C(=O)C12CCCC2. The first-order valence-electron chi connectivity index (χ1n) is 23.4. The van der Waals surface area contributed by atoms with Crippen LogP contribution in [0.1, 0.15) is 96.5 Å². The minimum absolute atomic E-state index is 0.0867. The molecular weight excluding hydrogens is 837 g/mol. The Morgan fingerprint density at radius 2 is 1.34 bits per heavy atom. The highest BCUT2D eigenvalue weighted by Crippen LogP contribution is 2.62. The molecule has 1 unspecified atom stereocenters. The Morgan fingerprint density at radius 3 is 1.97 bits per heavy atom. The van der Waals surface area contributed by atoms with E-state index >= 15 is 4.39 Å². The third-order valence-electron chi connectivity index (χ3n) is 15.6. The van der Waals surface area contributed by atoms with E-state index in [-0.39, 0.29) is 30.3 Å². The number of carbonyl (C=O) groups is 5. The van der Waals surface area contributed by atoms with Crippen LogP contribution >= 0.6 is 0 Å². The number of ether oxygens (including phenoxy) is 1. The Hall–Kier alpha value is -5.61. The summed E-state index contributed by atoms with van der Waals surface area (Å²) >= 11 is 0. The molecule has 0 aromatic heterocycles. The number of methoxy groups -OCH3 is 1. The molecule has 2 N–H and O–H groups in total. The molecule has 2 atom stereocenters. The van der Waals surface area contributed by atoms with E-state index in [1.807, 2.05) is 6.07 Å². The van der Waals surface area contributed by atoms with Crippen LogP contribution in [0.5, 0.6) is 11.5 Å². The van der Waals surface area contributed by atoms with E-state index in [0.717, 1.165) is 121 Å². The number of piperazine rings is 1. The smallest absolute Gasteiger partial charge is 0.262 e. The van der Waals surface area contributed by atoms with Gasteiger partial charge in [0.15, 0.2) is 11.6 Å². The van der Waals surface area contributed by atoms with Crippen LogP contribution in [0.2, 0.25) is 0 Å². The average Bonchev–Trinajstić information content (AvgIpc) is 3.92. The van der Waals surface area contributed by atoms with E-state index < -0.39 is 52.7 Å². The zero-order valence-corrected chi connectivity index (χ0v) is 36.9. The Bertz CT molecular complexity index is 2400. The molecule has 1 spiro atoms. The number of fused-ring (bicyclic) bond motifs is 1.